The number of phenolic OH excluding ortho intramolecular Hbond substituents is 1. The summed E-state index contributed by atoms with van der Waals surface area (Å²) >= 11 is 1.38. The summed E-state index contributed by atoms with van der Waals surface area (Å²) in [6.45, 7) is 5.48. The number of hydrogen-bond donors (Lipinski definition) is 2. The van der Waals surface area contributed by atoms with Crippen molar-refractivity contribution in [2.24, 2.45) is 0 Å². The lowest BCUT2D eigenvalue weighted by molar-refractivity contribution is 0.103. The van der Waals surface area contributed by atoms with E-state index in [1.807, 2.05) is 13.8 Å². The Morgan fingerprint density at radius 3 is 2.61 bits per heavy atom. The molecule has 0 saturated heterocycles. The van der Waals surface area contributed by atoms with Crippen molar-refractivity contribution >= 4 is 22.9 Å². The van der Waals surface area contributed by atoms with Crippen molar-refractivity contribution in [2.75, 3.05) is 5.32 Å². The number of amides is 1. The molecule has 0 saturated carbocycles. The highest BCUT2D eigenvalue weighted by molar-refractivity contribution is 7.13. The van der Waals surface area contributed by atoms with Crippen molar-refractivity contribution in [3.8, 4) is 5.75 Å². The molecule has 0 aliphatic heterocycles. The van der Waals surface area contributed by atoms with E-state index in [0.29, 0.717) is 10.6 Å². The second-order valence-corrected chi connectivity index (χ2v) is 5.31. The lowest BCUT2D eigenvalue weighted by Gasteiger charge is -2.06. The number of thiazole rings is 1. The Morgan fingerprint density at radius 1 is 1.33 bits per heavy atom. The number of nitrogens with zero attached hydrogens (tertiary/aromatic N) is 1. The predicted molar refractivity (Wildman–Crippen MR) is 72.4 cm³/mol. The molecule has 5 heteroatoms. The summed E-state index contributed by atoms with van der Waals surface area (Å²) in [6.07, 6.45) is 0. The number of phenols is 1. The molecule has 4 nitrogen and oxygen atoms in total. The molecule has 2 rings (SSSR count). The SMILES string of the molecule is Cc1nc(C)c(C(=O)Nc2ccc(O)c(C)c2)s1. The molecule has 0 bridgehead atoms. The van der Waals surface area contributed by atoms with Gasteiger partial charge >= 0.3 is 0 Å². The van der Waals surface area contributed by atoms with Crippen molar-refractivity contribution < 1.29 is 9.90 Å². The van der Waals surface area contributed by atoms with Crippen LogP contribution in [0.3, 0.4) is 0 Å². The molecule has 2 N–H and O–H groups in total. The van der Waals surface area contributed by atoms with Crippen molar-refractivity contribution in [1.82, 2.24) is 4.98 Å². The maximum absolute atomic E-state index is 12.0. The van der Waals surface area contributed by atoms with Crippen LogP contribution in [0.15, 0.2) is 18.2 Å². The van der Waals surface area contributed by atoms with Gasteiger partial charge in [-0.25, -0.2) is 4.98 Å². The third-order valence-electron chi connectivity index (χ3n) is 2.56. The molecule has 1 amide bonds. The van der Waals surface area contributed by atoms with Gasteiger partial charge in [0.15, 0.2) is 0 Å². The molecular weight excluding hydrogens is 248 g/mol. The van der Waals surface area contributed by atoms with E-state index in [1.54, 1.807) is 25.1 Å². The van der Waals surface area contributed by atoms with Gasteiger partial charge in [-0.1, -0.05) is 0 Å². The van der Waals surface area contributed by atoms with Gasteiger partial charge in [0.05, 0.1) is 10.7 Å². The number of carbonyl (C=O) groups excluding carboxylic acids is 1. The van der Waals surface area contributed by atoms with Gasteiger partial charge in [0, 0.05) is 5.69 Å². The zero-order valence-corrected chi connectivity index (χ0v) is 11.3. The van der Waals surface area contributed by atoms with Gasteiger partial charge in [-0.05, 0) is 44.5 Å². The Bertz CT molecular complexity index is 605. The molecule has 94 valence electrons. The molecule has 0 aliphatic rings. The maximum atomic E-state index is 12.0. The fraction of sp³-hybridized carbons (Fsp3) is 0.231. The zero-order chi connectivity index (χ0) is 13.3. The number of rotatable bonds is 2. The van der Waals surface area contributed by atoms with Gasteiger partial charge in [-0.2, -0.15) is 0 Å². The highest BCUT2D eigenvalue weighted by Crippen LogP contribution is 2.22. The van der Waals surface area contributed by atoms with Crippen molar-refractivity contribution in [3.63, 3.8) is 0 Å². The molecule has 0 radical (unpaired) electrons. The summed E-state index contributed by atoms with van der Waals surface area (Å²) in [6, 6.07) is 4.97. The molecule has 18 heavy (non-hydrogen) atoms. The third-order valence-corrected chi connectivity index (χ3v) is 3.64. The number of aryl methyl sites for hydroxylation is 3. The molecule has 1 aromatic carbocycles. The first-order chi connectivity index (χ1) is 8.47. The van der Waals surface area contributed by atoms with Gasteiger partial charge in [0.25, 0.3) is 5.91 Å². The minimum atomic E-state index is -0.164. The van der Waals surface area contributed by atoms with Crippen LogP contribution in [-0.4, -0.2) is 16.0 Å². The van der Waals surface area contributed by atoms with Gasteiger partial charge in [-0.15, -0.1) is 11.3 Å². The van der Waals surface area contributed by atoms with E-state index in [1.165, 1.54) is 11.3 Å². The molecule has 0 fully saturated rings. The van der Waals surface area contributed by atoms with Crippen molar-refractivity contribution in [1.29, 1.82) is 0 Å². The number of benzene rings is 1. The summed E-state index contributed by atoms with van der Waals surface area (Å²) in [7, 11) is 0. The molecule has 0 aliphatic carbocycles. The fourth-order valence-corrected chi connectivity index (χ4v) is 2.48. The average molecular weight is 262 g/mol. The Morgan fingerprint density at radius 2 is 2.06 bits per heavy atom. The minimum Gasteiger partial charge on any atom is -0.508 e. The lowest BCUT2D eigenvalue weighted by Crippen LogP contribution is -2.11. The highest BCUT2D eigenvalue weighted by atomic mass is 32.1. The van der Waals surface area contributed by atoms with Crippen LogP contribution in [-0.2, 0) is 0 Å². The maximum Gasteiger partial charge on any atom is 0.267 e. The highest BCUT2D eigenvalue weighted by Gasteiger charge is 2.14. The normalized spacial score (nSPS) is 10.4. The van der Waals surface area contributed by atoms with Crippen LogP contribution in [0.4, 0.5) is 5.69 Å². The summed E-state index contributed by atoms with van der Waals surface area (Å²) in [5, 5.41) is 13.1. The van der Waals surface area contributed by atoms with E-state index < -0.39 is 0 Å². The molecule has 1 aromatic heterocycles. The van der Waals surface area contributed by atoms with Crippen LogP contribution in [0.1, 0.15) is 25.9 Å². The summed E-state index contributed by atoms with van der Waals surface area (Å²) < 4.78 is 0. The average Bonchev–Trinajstić information content (AvgIpc) is 2.63. The van der Waals surface area contributed by atoms with Gasteiger partial charge < -0.3 is 10.4 Å². The third kappa shape index (κ3) is 2.51. The van der Waals surface area contributed by atoms with E-state index in [2.05, 4.69) is 10.3 Å². The van der Waals surface area contributed by atoms with E-state index in [0.717, 1.165) is 16.3 Å². The Hall–Kier alpha value is -1.88. The standard InChI is InChI=1S/C13H14N2O2S/c1-7-6-10(4-5-11(7)16)15-13(17)12-8(2)14-9(3)18-12/h4-6,16H,1-3H3,(H,15,17). The first-order valence-electron chi connectivity index (χ1n) is 5.52. The zero-order valence-electron chi connectivity index (χ0n) is 10.4. The van der Waals surface area contributed by atoms with E-state index >= 15 is 0 Å². The van der Waals surface area contributed by atoms with Crippen molar-refractivity contribution in [2.45, 2.75) is 20.8 Å². The van der Waals surface area contributed by atoms with E-state index in [4.69, 9.17) is 0 Å². The number of anilines is 1. The van der Waals surface area contributed by atoms with Crippen LogP contribution < -0.4 is 5.32 Å². The first-order valence-corrected chi connectivity index (χ1v) is 6.34. The summed E-state index contributed by atoms with van der Waals surface area (Å²) in [4.78, 5) is 16.9. The lowest BCUT2D eigenvalue weighted by atomic mass is 10.2. The van der Waals surface area contributed by atoms with E-state index in [-0.39, 0.29) is 11.7 Å². The monoisotopic (exact) mass is 262 g/mol. The Balaban J connectivity index is 2.21. The topological polar surface area (TPSA) is 62.2 Å². The molecule has 0 spiro atoms. The molecule has 1 heterocycles. The molecule has 0 unspecified atom stereocenters. The fourth-order valence-electron chi connectivity index (χ4n) is 1.66. The Kier molecular flexibility index (Phi) is 3.34. The number of aromatic hydroxyl groups is 1. The second-order valence-electron chi connectivity index (χ2n) is 4.10. The largest absolute Gasteiger partial charge is 0.508 e. The molecule has 0 atom stereocenters. The predicted octanol–water partition coefficient (Wildman–Crippen LogP) is 3.03. The van der Waals surface area contributed by atoms with Crippen molar-refractivity contribution in [3.05, 3.63) is 39.3 Å². The van der Waals surface area contributed by atoms with Crippen LogP contribution >= 0.6 is 11.3 Å². The van der Waals surface area contributed by atoms with Gasteiger partial charge in [0.2, 0.25) is 0 Å². The smallest absolute Gasteiger partial charge is 0.267 e. The molecular formula is C13H14N2O2S. The quantitative estimate of drug-likeness (QED) is 0.818. The number of hydrogen-bond acceptors (Lipinski definition) is 4. The first kappa shape index (κ1) is 12.6. The number of nitrogens with one attached hydrogen (secondary N) is 1. The summed E-state index contributed by atoms with van der Waals surface area (Å²) in [5.74, 6) is 0.0565. The van der Waals surface area contributed by atoms with Crippen LogP contribution in [0.5, 0.6) is 5.75 Å². The van der Waals surface area contributed by atoms with E-state index in [9.17, 15) is 9.90 Å². The summed E-state index contributed by atoms with van der Waals surface area (Å²) in [5.41, 5.74) is 2.14. The van der Waals surface area contributed by atoms with Crippen LogP contribution in [0.25, 0.3) is 0 Å². The number of carbonyl (C=O) groups is 1. The van der Waals surface area contributed by atoms with Crippen LogP contribution in [0.2, 0.25) is 0 Å². The van der Waals surface area contributed by atoms with Gasteiger partial charge in [0.1, 0.15) is 10.6 Å². The minimum absolute atomic E-state index is 0.164. The van der Waals surface area contributed by atoms with Gasteiger partial charge in [-0.3, -0.25) is 4.79 Å². The second kappa shape index (κ2) is 4.78. The molecule has 2 aromatic rings. The number of aromatic nitrogens is 1. The Labute approximate surface area is 109 Å². The van der Waals surface area contributed by atoms with Crippen LogP contribution in [0, 0.1) is 20.8 Å².